The summed E-state index contributed by atoms with van der Waals surface area (Å²) in [7, 11) is -1.87. The summed E-state index contributed by atoms with van der Waals surface area (Å²) < 4.78 is 27.1. The number of benzene rings is 1. The molecule has 2 fully saturated rings. The first kappa shape index (κ1) is 19.6. The lowest BCUT2D eigenvalue weighted by molar-refractivity contribution is -0.119. The van der Waals surface area contributed by atoms with E-state index < -0.39 is 10.0 Å². The van der Waals surface area contributed by atoms with E-state index in [-0.39, 0.29) is 28.7 Å². The largest absolute Gasteiger partial charge is 0.350 e. The molecule has 146 valence electrons. The van der Waals surface area contributed by atoms with Gasteiger partial charge in [0.05, 0.1) is 4.90 Å². The van der Waals surface area contributed by atoms with Crippen molar-refractivity contribution in [2.24, 2.45) is 5.92 Å². The van der Waals surface area contributed by atoms with Crippen LogP contribution in [0, 0.1) is 5.92 Å². The van der Waals surface area contributed by atoms with Crippen LogP contribution in [-0.2, 0) is 19.6 Å². The smallest absolute Gasteiger partial charge is 0.243 e. The van der Waals surface area contributed by atoms with Crippen molar-refractivity contribution in [2.45, 2.75) is 36.6 Å². The Morgan fingerprint density at radius 2 is 1.74 bits per heavy atom. The first-order valence-electron chi connectivity index (χ1n) is 9.13. The minimum absolute atomic E-state index is 0.0357. The highest BCUT2D eigenvalue weighted by Gasteiger charge is 2.33. The zero-order valence-corrected chi connectivity index (χ0v) is 16.2. The van der Waals surface area contributed by atoms with E-state index in [1.54, 1.807) is 36.2 Å². The van der Waals surface area contributed by atoms with Crippen molar-refractivity contribution >= 4 is 27.5 Å². The Morgan fingerprint density at radius 3 is 2.26 bits per heavy atom. The number of carbonyl (C=O) groups is 2. The number of nitrogens with zero attached hydrogens (tertiary/aromatic N) is 2. The third-order valence-electron chi connectivity index (χ3n) is 5.10. The molecule has 1 aromatic rings. The van der Waals surface area contributed by atoms with Crippen molar-refractivity contribution in [3.63, 3.8) is 0 Å². The molecular weight excluding hydrogens is 366 g/mol. The van der Waals surface area contributed by atoms with Crippen LogP contribution in [0.4, 0.5) is 5.69 Å². The first-order valence-corrected chi connectivity index (χ1v) is 10.6. The van der Waals surface area contributed by atoms with Crippen LogP contribution < -0.4 is 10.2 Å². The van der Waals surface area contributed by atoms with Crippen LogP contribution in [0.2, 0.25) is 0 Å². The van der Waals surface area contributed by atoms with E-state index >= 15 is 0 Å². The molecular formula is C19H25N3O4S. The number of sulfonamides is 1. The average molecular weight is 391 g/mol. The summed E-state index contributed by atoms with van der Waals surface area (Å²) in [4.78, 5) is 25.3. The molecule has 1 saturated heterocycles. The Balaban J connectivity index is 1.64. The lowest BCUT2D eigenvalue weighted by Crippen LogP contribution is -2.46. The Kier molecular flexibility index (Phi) is 5.67. The Labute approximate surface area is 160 Å². The van der Waals surface area contributed by atoms with Crippen LogP contribution in [0.15, 0.2) is 41.8 Å². The van der Waals surface area contributed by atoms with Gasteiger partial charge in [0.25, 0.3) is 0 Å². The van der Waals surface area contributed by atoms with E-state index in [1.807, 2.05) is 0 Å². The zero-order chi connectivity index (χ0) is 19.6. The minimum atomic E-state index is -3.59. The molecule has 0 radical (unpaired) electrons. The molecule has 1 aliphatic heterocycles. The van der Waals surface area contributed by atoms with Gasteiger partial charge in [-0.2, -0.15) is 4.31 Å². The van der Waals surface area contributed by atoms with Crippen LogP contribution in [0.5, 0.6) is 0 Å². The van der Waals surface area contributed by atoms with E-state index in [4.69, 9.17) is 0 Å². The van der Waals surface area contributed by atoms with Gasteiger partial charge in [0.2, 0.25) is 21.8 Å². The molecule has 7 nitrogen and oxygen atoms in total. The number of piperidine rings is 1. The lowest BCUT2D eigenvalue weighted by Gasteiger charge is -2.31. The molecule has 0 bridgehead atoms. The summed E-state index contributed by atoms with van der Waals surface area (Å²) in [5, 5.41) is 2.81. The van der Waals surface area contributed by atoms with Gasteiger partial charge in [0.15, 0.2) is 0 Å². The fourth-order valence-corrected chi connectivity index (χ4v) is 4.69. The number of anilines is 1. The van der Waals surface area contributed by atoms with Crippen LogP contribution in [0.3, 0.4) is 0 Å². The Bertz CT molecular complexity index is 823. The molecule has 2 aliphatic rings. The Morgan fingerprint density at radius 1 is 1.15 bits per heavy atom. The van der Waals surface area contributed by atoms with Crippen LogP contribution in [0.25, 0.3) is 0 Å². The molecule has 0 aromatic heterocycles. The third kappa shape index (κ3) is 4.39. The molecule has 1 saturated carbocycles. The van der Waals surface area contributed by atoms with E-state index in [2.05, 4.69) is 11.9 Å². The molecule has 1 N–H and O–H groups in total. The van der Waals surface area contributed by atoms with Gasteiger partial charge in [-0.3, -0.25) is 9.59 Å². The van der Waals surface area contributed by atoms with E-state index in [0.29, 0.717) is 31.6 Å². The average Bonchev–Trinajstić information content (AvgIpc) is 3.52. The summed E-state index contributed by atoms with van der Waals surface area (Å²) in [5.41, 5.74) is 0.691. The number of hydrogen-bond acceptors (Lipinski definition) is 4. The van der Waals surface area contributed by atoms with Crippen molar-refractivity contribution in [1.29, 1.82) is 0 Å². The zero-order valence-electron chi connectivity index (χ0n) is 15.4. The summed E-state index contributed by atoms with van der Waals surface area (Å²) in [5.74, 6) is -0.0488. The maximum absolute atomic E-state index is 12.8. The standard InChI is InChI=1S/C19H25N3O4S/c1-3-18(23)20-15-10-12-22(13-11-15)27(25,26)17-8-6-16(7-9-17)21(2)19(24)14-4-5-14/h3,6-9,14-15H,1,4-5,10-13H2,2H3,(H,20,23). The molecule has 8 heteroatoms. The number of carbonyl (C=O) groups excluding carboxylic acids is 2. The molecule has 2 amide bonds. The number of amides is 2. The second kappa shape index (κ2) is 7.82. The predicted octanol–water partition coefficient (Wildman–Crippen LogP) is 1.51. The summed E-state index contributed by atoms with van der Waals surface area (Å²) in [6.45, 7) is 4.13. The van der Waals surface area contributed by atoms with E-state index in [1.165, 1.54) is 10.4 Å². The van der Waals surface area contributed by atoms with Crippen molar-refractivity contribution in [2.75, 3.05) is 25.0 Å². The SMILES string of the molecule is C=CC(=O)NC1CCN(S(=O)(=O)c2ccc(N(C)C(=O)C3CC3)cc2)CC1. The second-order valence-corrected chi connectivity index (χ2v) is 8.99. The normalized spacial score (nSPS) is 18.7. The molecule has 1 aromatic carbocycles. The van der Waals surface area contributed by atoms with Gasteiger partial charge in [0.1, 0.15) is 0 Å². The lowest BCUT2D eigenvalue weighted by atomic mass is 10.1. The van der Waals surface area contributed by atoms with E-state index in [0.717, 1.165) is 12.8 Å². The molecule has 0 atom stereocenters. The molecule has 0 spiro atoms. The van der Waals surface area contributed by atoms with Crippen LogP contribution in [0.1, 0.15) is 25.7 Å². The summed E-state index contributed by atoms with van der Waals surface area (Å²) >= 11 is 0. The van der Waals surface area contributed by atoms with Gasteiger partial charge in [0, 0.05) is 37.8 Å². The monoisotopic (exact) mass is 391 g/mol. The van der Waals surface area contributed by atoms with Crippen molar-refractivity contribution in [3.05, 3.63) is 36.9 Å². The summed E-state index contributed by atoms with van der Waals surface area (Å²) in [6.07, 6.45) is 4.21. The topological polar surface area (TPSA) is 86.8 Å². The molecule has 1 aliphatic carbocycles. The molecule has 1 heterocycles. The first-order chi connectivity index (χ1) is 12.8. The van der Waals surface area contributed by atoms with Crippen molar-refractivity contribution < 1.29 is 18.0 Å². The fourth-order valence-electron chi connectivity index (χ4n) is 3.22. The molecule has 27 heavy (non-hydrogen) atoms. The molecule has 3 rings (SSSR count). The highest BCUT2D eigenvalue weighted by Crippen LogP contribution is 2.32. The maximum Gasteiger partial charge on any atom is 0.243 e. The number of hydrogen-bond donors (Lipinski definition) is 1. The highest BCUT2D eigenvalue weighted by atomic mass is 32.2. The number of nitrogens with one attached hydrogen (secondary N) is 1. The second-order valence-electron chi connectivity index (χ2n) is 7.06. The van der Waals surface area contributed by atoms with Gasteiger partial charge in [-0.05, 0) is 56.0 Å². The van der Waals surface area contributed by atoms with Crippen LogP contribution in [-0.4, -0.2) is 50.7 Å². The van der Waals surface area contributed by atoms with Gasteiger partial charge in [-0.1, -0.05) is 6.58 Å². The van der Waals surface area contributed by atoms with Crippen molar-refractivity contribution in [1.82, 2.24) is 9.62 Å². The van der Waals surface area contributed by atoms with E-state index in [9.17, 15) is 18.0 Å². The summed E-state index contributed by atoms with van der Waals surface area (Å²) in [6, 6.07) is 6.40. The Hall–Kier alpha value is -2.19. The van der Waals surface area contributed by atoms with Gasteiger partial charge < -0.3 is 10.2 Å². The quantitative estimate of drug-likeness (QED) is 0.745. The number of rotatable bonds is 6. The van der Waals surface area contributed by atoms with Gasteiger partial charge in [-0.25, -0.2) is 8.42 Å². The van der Waals surface area contributed by atoms with Crippen LogP contribution >= 0.6 is 0 Å². The third-order valence-corrected chi connectivity index (χ3v) is 7.02. The fraction of sp³-hybridized carbons (Fsp3) is 0.474. The van der Waals surface area contributed by atoms with Gasteiger partial charge in [-0.15, -0.1) is 0 Å². The minimum Gasteiger partial charge on any atom is -0.350 e. The predicted molar refractivity (Wildman–Crippen MR) is 103 cm³/mol. The van der Waals surface area contributed by atoms with Crippen molar-refractivity contribution in [3.8, 4) is 0 Å². The van der Waals surface area contributed by atoms with Gasteiger partial charge >= 0.3 is 0 Å². The molecule has 0 unspecified atom stereocenters. The maximum atomic E-state index is 12.8. The highest BCUT2D eigenvalue weighted by molar-refractivity contribution is 7.89.